The second-order valence-corrected chi connectivity index (χ2v) is 3.96. The van der Waals surface area contributed by atoms with E-state index >= 15 is 0 Å². The quantitative estimate of drug-likeness (QED) is 0.901. The Morgan fingerprint density at radius 2 is 2.10 bits per heavy atom. The lowest BCUT2D eigenvalue weighted by atomic mass is 10.2. The summed E-state index contributed by atoms with van der Waals surface area (Å²) >= 11 is 0. The average molecular weight is 275 g/mol. The van der Waals surface area contributed by atoms with Crippen molar-refractivity contribution < 1.29 is 13.9 Å². The van der Waals surface area contributed by atoms with Crippen LogP contribution in [0.15, 0.2) is 42.6 Å². The maximum absolute atomic E-state index is 13.4. The van der Waals surface area contributed by atoms with E-state index in [1.165, 1.54) is 13.2 Å². The first-order chi connectivity index (χ1) is 9.70. The molecule has 2 rings (SSSR count). The van der Waals surface area contributed by atoms with Crippen molar-refractivity contribution in [2.24, 2.45) is 0 Å². The number of hydrogen-bond donors (Lipinski definition) is 2. The number of amides is 2. The van der Waals surface area contributed by atoms with Gasteiger partial charge in [-0.25, -0.2) is 14.2 Å². The maximum Gasteiger partial charge on any atom is 0.319 e. The predicted octanol–water partition coefficient (Wildman–Crippen LogP) is 2.55. The van der Waals surface area contributed by atoms with Gasteiger partial charge in [-0.05, 0) is 18.2 Å². The van der Waals surface area contributed by atoms with Crippen LogP contribution in [0.4, 0.5) is 14.9 Å². The molecule has 0 bridgehead atoms. The number of urea groups is 1. The van der Waals surface area contributed by atoms with E-state index < -0.39 is 6.03 Å². The predicted molar refractivity (Wildman–Crippen MR) is 73.0 cm³/mol. The number of benzene rings is 1. The summed E-state index contributed by atoms with van der Waals surface area (Å²) in [6.45, 7) is 0.0983. The van der Waals surface area contributed by atoms with E-state index in [-0.39, 0.29) is 12.4 Å². The molecule has 1 aromatic heterocycles. The normalized spacial score (nSPS) is 9.90. The minimum Gasteiger partial charge on any atom is -0.480 e. The van der Waals surface area contributed by atoms with Gasteiger partial charge < -0.3 is 15.4 Å². The van der Waals surface area contributed by atoms with Crippen LogP contribution in [0.3, 0.4) is 0 Å². The molecule has 0 aliphatic heterocycles. The third-order valence-electron chi connectivity index (χ3n) is 2.61. The highest BCUT2D eigenvalue weighted by atomic mass is 19.1. The largest absolute Gasteiger partial charge is 0.480 e. The number of carbonyl (C=O) groups is 1. The molecule has 0 aliphatic carbocycles. The zero-order valence-electron chi connectivity index (χ0n) is 10.9. The van der Waals surface area contributed by atoms with Gasteiger partial charge in [0, 0.05) is 18.3 Å². The van der Waals surface area contributed by atoms with Gasteiger partial charge in [-0.3, -0.25) is 0 Å². The molecular formula is C14H14FN3O2. The smallest absolute Gasteiger partial charge is 0.319 e. The van der Waals surface area contributed by atoms with Crippen molar-refractivity contribution in [3.8, 4) is 5.88 Å². The number of nitrogens with zero attached hydrogens (tertiary/aromatic N) is 1. The Bertz CT molecular complexity index is 604. The Balaban J connectivity index is 1.95. The van der Waals surface area contributed by atoms with Gasteiger partial charge in [0.1, 0.15) is 11.5 Å². The monoisotopic (exact) mass is 275 g/mol. The molecule has 0 fully saturated rings. The van der Waals surface area contributed by atoms with Gasteiger partial charge in [-0.2, -0.15) is 0 Å². The zero-order chi connectivity index (χ0) is 14.4. The highest BCUT2D eigenvalue weighted by Crippen LogP contribution is 2.19. The molecule has 6 heteroatoms. The number of nitrogens with one attached hydrogen (secondary N) is 2. The Kier molecular flexibility index (Phi) is 4.49. The molecule has 2 N–H and O–H groups in total. The number of hydrogen-bond acceptors (Lipinski definition) is 3. The molecule has 0 aliphatic rings. The average Bonchev–Trinajstić information content (AvgIpc) is 2.47. The van der Waals surface area contributed by atoms with Gasteiger partial charge in [0.05, 0.1) is 7.11 Å². The van der Waals surface area contributed by atoms with Crippen molar-refractivity contribution in [3.63, 3.8) is 0 Å². The third-order valence-corrected chi connectivity index (χ3v) is 2.61. The van der Waals surface area contributed by atoms with E-state index in [2.05, 4.69) is 15.6 Å². The van der Waals surface area contributed by atoms with Crippen molar-refractivity contribution in [1.29, 1.82) is 0 Å². The summed E-state index contributed by atoms with van der Waals surface area (Å²) in [5.74, 6) is -0.0414. The third kappa shape index (κ3) is 3.44. The van der Waals surface area contributed by atoms with Gasteiger partial charge in [0.2, 0.25) is 5.88 Å². The van der Waals surface area contributed by atoms with Crippen molar-refractivity contribution in [2.45, 2.75) is 6.54 Å². The van der Waals surface area contributed by atoms with Crippen LogP contribution in [0.5, 0.6) is 5.88 Å². The number of aromatic nitrogens is 1. The van der Waals surface area contributed by atoms with Crippen LogP contribution < -0.4 is 15.4 Å². The molecule has 104 valence electrons. The topological polar surface area (TPSA) is 63.2 Å². The minimum absolute atomic E-state index is 0.0983. The Morgan fingerprint density at radius 3 is 2.85 bits per heavy atom. The molecule has 20 heavy (non-hydrogen) atoms. The molecule has 0 unspecified atom stereocenters. The number of rotatable bonds is 4. The number of pyridine rings is 1. The summed E-state index contributed by atoms with van der Waals surface area (Å²) in [5.41, 5.74) is 0.863. The summed E-state index contributed by atoms with van der Waals surface area (Å²) < 4.78 is 18.4. The van der Waals surface area contributed by atoms with Crippen LogP contribution >= 0.6 is 0 Å². The number of anilines is 1. The van der Waals surface area contributed by atoms with Crippen LogP contribution in [-0.4, -0.2) is 18.1 Å². The molecule has 0 saturated carbocycles. The van der Waals surface area contributed by atoms with Crippen LogP contribution in [0.2, 0.25) is 0 Å². The standard InChI is InChI=1S/C14H14FN3O2/c1-20-13-12(7-4-8-16-13)18-14(19)17-9-10-5-2-3-6-11(10)15/h2-8H,9H2,1H3,(H2,17,18,19). The molecule has 0 atom stereocenters. The number of carbonyl (C=O) groups excluding carboxylic acids is 1. The lowest BCUT2D eigenvalue weighted by Gasteiger charge is -2.10. The fraction of sp³-hybridized carbons (Fsp3) is 0.143. The maximum atomic E-state index is 13.4. The second kappa shape index (κ2) is 6.51. The Labute approximate surface area is 115 Å². The van der Waals surface area contributed by atoms with E-state index in [1.54, 1.807) is 36.5 Å². The summed E-state index contributed by atoms with van der Waals surface area (Å²) in [7, 11) is 1.46. The molecule has 1 heterocycles. The van der Waals surface area contributed by atoms with E-state index in [0.717, 1.165) is 0 Å². The molecular weight excluding hydrogens is 261 g/mol. The lowest BCUT2D eigenvalue weighted by molar-refractivity contribution is 0.251. The molecule has 5 nitrogen and oxygen atoms in total. The molecule has 1 aromatic carbocycles. The first-order valence-corrected chi connectivity index (χ1v) is 5.98. The first kappa shape index (κ1) is 13.8. The summed E-state index contributed by atoms with van der Waals surface area (Å²) in [6, 6.07) is 9.14. The molecule has 2 aromatic rings. The van der Waals surface area contributed by atoms with Crippen LogP contribution in [0.1, 0.15) is 5.56 Å². The SMILES string of the molecule is COc1ncccc1NC(=O)NCc1ccccc1F. The number of ether oxygens (including phenoxy) is 1. The van der Waals surface area contributed by atoms with E-state index in [9.17, 15) is 9.18 Å². The van der Waals surface area contributed by atoms with Crippen molar-refractivity contribution in [1.82, 2.24) is 10.3 Å². The fourth-order valence-corrected chi connectivity index (χ4v) is 1.63. The molecule has 0 radical (unpaired) electrons. The first-order valence-electron chi connectivity index (χ1n) is 5.98. The highest BCUT2D eigenvalue weighted by Gasteiger charge is 2.08. The van der Waals surface area contributed by atoms with Crippen molar-refractivity contribution in [3.05, 3.63) is 54.0 Å². The lowest BCUT2D eigenvalue weighted by Crippen LogP contribution is -2.28. The summed E-state index contributed by atoms with van der Waals surface area (Å²) in [5, 5.41) is 5.16. The zero-order valence-corrected chi connectivity index (χ0v) is 10.9. The summed E-state index contributed by atoms with van der Waals surface area (Å²) in [6.07, 6.45) is 1.56. The van der Waals surface area contributed by atoms with Crippen LogP contribution in [0, 0.1) is 5.82 Å². The van der Waals surface area contributed by atoms with Gasteiger partial charge in [0.25, 0.3) is 0 Å². The fourth-order valence-electron chi connectivity index (χ4n) is 1.63. The van der Waals surface area contributed by atoms with Gasteiger partial charge in [-0.1, -0.05) is 18.2 Å². The molecule has 0 saturated heterocycles. The van der Waals surface area contributed by atoms with E-state index in [4.69, 9.17) is 4.74 Å². The van der Waals surface area contributed by atoms with Crippen LogP contribution in [0.25, 0.3) is 0 Å². The Hall–Kier alpha value is -2.63. The van der Waals surface area contributed by atoms with E-state index in [0.29, 0.717) is 17.1 Å². The highest BCUT2D eigenvalue weighted by molar-refractivity contribution is 5.90. The second-order valence-electron chi connectivity index (χ2n) is 3.96. The van der Waals surface area contributed by atoms with Gasteiger partial charge >= 0.3 is 6.03 Å². The van der Waals surface area contributed by atoms with Crippen LogP contribution in [-0.2, 0) is 6.54 Å². The number of halogens is 1. The van der Waals surface area contributed by atoms with Gasteiger partial charge in [0.15, 0.2) is 0 Å². The molecule has 0 spiro atoms. The number of methoxy groups -OCH3 is 1. The summed E-state index contributed by atoms with van der Waals surface area (Å²) in [4.78, 5) is 15.7. The minimum atomic E-state index is -0.459. The van der Waals surface area contributed by atoms with Crippen molar-refractivity contribution in [2.75, 3.05) is 12.4 Å². The Morgan fingerprint density at radius 1 is 1.30 bits per heavy atom. The van der Waals surface area contributed by atoms with Crippen molar-refractivity contribution >= 4 is 11.7 Å². The van der Waals surface area contributed by atoms with Gasteiger partial charge in [-0.15, -0.1) is 0 Å². The van der Waals surface area contributed by atoms with E-state index in [1.807, 2.05) is 0 Å². The molecule has 2 amide bonds.